The molecule has 0 fully saturated rings. The summed E-state index contributed by atoms with van der Waals surface area (Å²) in [7, 11) is 0. The Morgan fingerprint density at radius 1 is 1.35 bits per heavy atom. The Morgan fingerprint density at radius 3 is 2.85 bits per heavy atom. The van der Waals surface area contributed by atoms with E-state index < -0.39 is 0 Å². The summed E-state index contributed by atoms with van der Waals surface area (Å²) in [5, 5.41) is 4.14. The second-order valence-corrected chi connectivity index (χ2v) is 6.95. The lowest BCUT2D eigenvalue weighted by molar-refractivity contribution is 0.314. The average molecular weight is 316 g/mol. The van der Waals surface area contributed by atoms with Crippen molar-refractivity contribution in [1.82, 2.24) is 5.32 Å². The molecule has 2 nitrogen and oxygen atoms in total. The van der Waals surface area contributed by atoms with E-state index in [4.69, 9.17) is 16.3 Å². The van der Waals surface area contributed by atoms with E-state index in [0.717, 1.165) is 48.9 Å². The quantitative estimate of drug-likeness (QED) is 0.637. The van der Waals surface area contributed by atoms with Crippen molar-refractivity contribution in [1.29, 1.82) is 0 Å². The number of para-hydroxylation sites is 1. The van der Waals surface area contributed by atoms with Gasteiger partial charge in [0.15, 0.2) is 0 Å². The molecule has 114 valence electrons. The van der Waals surface area contributed by atoms with E-state index in [1.807, 2.05) is 23.9 Å². The van der Waals surface area contributed by atoms with Crippen molar-refractivity contribution in [3.8, 4) is 5.75 Å². The summed E-state index contributed by atoms with van der Waals surface area (Å²) >= 11 is 8.20. The molecule has 0 spiro atoms. The maximum absolute atomic E-state index is 6.25. The molecule has 1 N–H and O–H groups in total. The number of nitrogens with one attached hydrogen (secondary N) is 1. The zero-order chi connectivity index (χ0) is 14.8. The second-order valence-electron chi connectivity index (χ2n) is 5.15. The Bertz CT molecular complexity index is 385. The van der Waals surface area contributed by atoms with Gasteiger partial charge in [-0.1, -0.05) is 44.5 Å². The lowest BCUT2D eigenvalue weighted by Crippen LogP contribution is -2.19. The maximum atomic E-state index is 6.25. The van der Waals surface area contributed by atoms with Gasteiger partial charge in [-0.15, -0.1) is 0 Å². The van der Waals surface area contributed by atoms with Crippen LogP contribution in [0.25, 0.3) is 0 Å². The minimum atomic E-state index is 0.643. The maximum Gasteiger partial charge on any atom is 0.142 e. The molecule has 0 heterocycles. The summed E-state index contributed by atoms with van der Waals surface area (Å²) in [4.78, 5) is 0. The first-order valence-corrected chi connectivity index (χ1v) is 8.87. The zero-order valence-electron chi connectivity index (χ0n) is 12.7. The molecule has 0 radical (unpaired) electrons. The van der Waals surface area contributed by atoms with Gasteiger partial charge in [0.2, 0.25) is 0 Å². The average Bonchev–Trinajstić information content (AvgIpc) is 2.40. The van der Waals surface area contributed by atoms with Crippen LogP contribution in [0.2, 0.25) is 5.02 Å². The lowest BCUT2D eigenvalue weighted by Gasteiger charge is -2.14. The summed E-state index contributed by atoms with van der Waals surface area (Å²) < 4.78 is 5.89. The van der Waals surface area contributed by atoms with E-state index in [1.165, 1.54) is 0 Å². The number of thioether (sulfide) groups is 1. The smallest absolute Gasteiger partial charge is 0.142 e. The highest BCUT2D eigenvalue weighted by Gasteiger charge is 2.08. The molecule has 0 aromatic heterocycles. The monoisotopic (exact) mass is 315 g/mol. The van der Waals surface area contributed by atoms with Crippen molar-refractivity contribution in [3.05, 3.63) is 28.8 Å². The molecule has 0 aliphatic carbocycles. The number of rotatable bonds is 10. The number of halogens is 1. The molecule has 0 aliphatic heterocycles. The molecule has 0 saturated carbocycles. The third-order valence-corrected chi connectivity index (χ3v) is 4.08. The molecule has 0 aliphatic rings. The topological polar surface area (TPSA) is 21.3 Å². The molecular formula is C16H26ClNOS. The van der Waals surface area contributed by atoms with Gasteiger partial charge in [-0.2, -0.15) is 11.8 Å². The Labute approximate surface area is 132 Å². The summed E-state index contributed by atoms with van der Waals surface area (Å²) in [6.45, 7) is 9.12. The third-order valence-electron chi connectivity index (χ3n) is 2.80. The van der Waals surface area contributed by atoms with Gasteiger partial charge < -0.3 is 10.1 Å². The largest absolute Gasteiger partial charge is 0.492 e. The molecule has 0 atom stereocenters. The van der Waals surface area contributed by atoms with Crippen molar-refractivity contribution in [3.63, 3.8) is 0 Å². The van der Waals surface area contributed by atoms with Gasteiger partial charge in [-0.3, -0.25) is 0 Å². The fourth-order valence-electron chi connectivity index (χ4n) is 1.83. The summed E-state index contributed by atoms with van der Waals surface area (Å²) in [6.07, 6.45) is 1.06. The zero-order valence-corrected chi connectivity index (χ0v) is 14.3. The normalized spacial score (nSPS) is 11.1. The molecule has 0 saturated heterocycles. The SMILES string of the molecule is CCSCCCOc1c(Cl)cccc1CNCC(C)C. The predicted octanol–water partition coefficient (Wildman–Crippen LogP) is 4.61. The van der Waals surface area contributed by atoms with Crippen LogP contribution in [0.15, 0.2) is 18.2 Å². The third kappa shape index (κ3) is 6.87. The number of benzene rings is 1. The van der Waals surface area contributed by atoms with Crippen LogP contribution in [-0.2, 0) is 6.54 Å². The summed E-state index contributed by atoms with van der Waals surface area (Å²) in [5.41, 5.74) is 1.14. The molecule has 1 rings (SSSR count). The summed E-state index contributed by atoms with van der Waals surface area (Å²) in [5.74, 6) is 3.79. The number of hydrogen-bond acceptors (Lipinski definition) is 3. The van der Waals surface area contributed by atoms with Gasteiger partial charge in [0.25, 0.3) is 0 Å². The van der Waals surface area contributed by atoms with Gasteiger partial charge in [-0.25, -0.2) is 0 Å². The van der Waals surface area contributed by atoms with Gasteiger partial charge in [0.1, 0.15) is 5.75 Å². The first-order valence-electron chi connectivity index (χ1n) is 7.33. The summed E-state index contributed by atoms with van der Waals surface area (Å²) in [6, 6.07) is 5.95. The van der Waals surface area contributed by atoms with Gasteiger partial charge in [-0.05, 0) is 36.5 Å². The van der Waals surface area contributed by atoms with E-state index in [-0.39, 0.29) is 0 Å². The first kappa shape index (κ1) is 17.7. The Kier molecular flexibility index (Phi) is 9.16. The van der Waals surface area contributed by atoms with Crippen LogP contribution in [0.4, 0.5) is 0 Å². The van der Waals surface area contributed by atoms with Crippen LogP contribution in [-0.4, -0.2) is 24.7 Å². The van der Waals surface area contributed by atoms with Gasteiger partial charge in [0, 0.05) is 12.1 Å². The first-order chi connectivity index (χ1) is 9.65. The van der Waals surface area contributed by atoms with Crippen LogP contribution in [0.5, 0.6) is 5.75 Å². The van der Waals surface area contributed by atoms with Crippen molar-refractivity contribution in [2.75, 3.05) is 24.7 Å². The Hall–Kier alpha value is -0.380. The Balaban J connectivity index is 2.49. The number of hydrogen-bond donors (Lipinski definition) is 1. The van der Waals surface area contributed by atoms with Crippen molar-refractivity contribution >= 4 is 23.4 Å². The molecule has 20 heavy (non-hydrogen) atoms. The lowest BCUT2D eigenvalue weighted by atomic mass is 10.2. The van der Waals surface area contributed by atoms with E-state index in [9.17, 15) is 0 Å². The molecule has 1 aromatic carbocycles. The molecule has 0 amide bonds. The standard InChI is InChI=1S/C16H26ClNOS/c1-4-20-10-6-9-19-16-14(7-5-8-15(16)17)12-18-11-13(2)3/h5,7-8,13,18H,4,6,9-12H2,1-3H3. The highest BCUT2D eigenvalue weighted by Crippen LogP contribution is 2.28. The minimum Gasteiger partial charge on any atom is -0.492 e. The fraction of sp³-hybridized carbons (Fsp3) is 0.625. The van der Waals surface area contributed by atoms with Crippen LogP contribution >= 0.6 is 23.4 Å². The molecular weight excluding hydrogens is 290 g/mol. The highest BCUT2D eigenvalue weighted by molar-refractivity contribution is 7.99. The molecule has 1 aromatic rings. The van der Waals surface area contributed by atoms with Crippen molar-refractivity contribution in [2.24, 2.45) is 5.92 Å². The fourth-order valence-corrected chi connectivity index (χ4v) is 2.69. The van der Waals surface area contributed by atoms with E-state index in [0.29, 0.717) is 10.9 Å². The van der Waals surface area contributed by atoms with Crippen LogP contribution in [0, 0.1) is 5.92 Å². The van der Waals surface area contributed by atoms with Gasteiger partial charge in [0.05, 0.1) is 11.6 Å². The van der Waals surface area contributed by atoms with E-state index in [1.54, 1.807) is 0 Å². The van der Waals surface area contributed by atoms with Gasteiger partial charge >= 0.3 is 0 Å². The second kappa shape index (κ2) is 10.4. The van der Waals surface area contributed by atoms with E-state index >= 15 is 0 Å². The Morgan fingerprint density at radius 2 is 2.15 bits per heavy atom. The van der Waals surface area contributed by atoms with E-state index in [2.05, 4.69) is 32.2 Å². The van der Waals surface area contributed by atoms with Crippen molar-refractivity contribution in [2.45, 2.75) is 33.7 Å². The van der Waals surface area contributed by atoms with Crippen LogP contribution in [0.3, 0.4) is 0 Å². The minimum absolute atomic E-state index is 0.643. The molecule has 0 bridgehead atoms. The highest BCUT2D eigenvalue weighted by atomic mass is 35.5. The van der Waals surface area contributed by atoms with Crippen molar-refractivity contribution < 1.29 is 4.74 Å². The molecule has 4 heteroatoms. The van der Waals surface area contributed by atoms with Crippen LogP contribution < -0.4 is 10.1 Å². The molecule has 0 unspecified atom stereocenters. The predicted molar refractivity (Wildman–Crippen MR) is 91.1 cm³/mol. The number of ether oxygens (including phenoxy) is 1. The van der Waals surface area contributed by atoms with Crippen LogP contribution in [0.1, 0.15) is 32.8 Å².